The van der Waals surface area contributed by atoms with Gasteiger partial charge >= 0.3 is 0 Å². The van der Waals surface area contributed by atoms with Crippen molar-refractivity contribution >= 4 is 0 Å². The summed E-state index contributed by atoms with van der Waals surface area (Å²) in [6.45, 7) is 4.28. The van der Waals surface area contributed by atoms with Gasteiger partial charge in [-0.2, -0.15) is 0 Å². The van der Waals surface area contributed by atoms with Gasteiger partial charge in [0.2, 0.25) is 0 Å². The van der Waals surface area contributed by atoms with E-state index in [0.29, 0.717) is 5.92 Å². The number of hydrogen-bond donors (Lipinski definition) is 1. The molecule has 0 spiro atoms. The number of nitrogens with one attached hydrogen (secondary N) is 1. The Morgan fingerprint density at radius 3 is 2.89 bits per heavy atom. The van der Waals surface area contributed by atoms with Crippen LogP contribution >= 0.6 is 0 Å². The lowest BCUT2D eigenvalue weighted by Gasteiger charge is -2.20. The zero-order valence-electron chi connectivity index (χ0n) is 11.2. The van der Waals surface area contributed by atoms with Crippen molar-refractivity contribution in [2.45, 2.75) is 26.2 Å². The Bertz CT molecular complexity index is 525. The summed E-state index contributed by atoms with van der Waals surface area (Å²) in [5.74, 6) is 1.48. The molecule has 1 fully saturated rings. The first kappa shape index (κ1) is 12.3. The summed E-state index contributed by atoms with van der Waals surface area (Å²) in [4.78, 5) is 1.62. The van der Waals surface area contributed by atoms with Crippen LogP contribution in [-0.4, -0.2) is 33.3 Å². The van der Waals surface area contributed by atoms with Gasteiger partial charge in [-0.3, -0.25) is 0 Å². The number of piperidine rings is 1. The second-order valence-corrected chi connectivity index (χ2v) is 5.25. The summed E-state index contributed by atoms with van der Waals surface area (Å²) in [5.41, 5.74) is 2.20. The molecule has 2 aromatic rings. The third-order valence-corrected chi connectivity index (χ3v) is 3.59. The van der Waals surface area contributed by atoms with E-state index in [9.17, 15) is 0 Å². The molecule has 100 valence electrons. The van der Waals surface area contributed by atoms with Crippen LogP contribution in [-0.2, 0) is 6.42 Å². The van der Waals surface area contributed by atoms with E-state index in [1.165, 1.54) is 18.4 Å². The number of tetrazole rings is 1. The first-order valence-corrected chi connectivity index (χ1v) is 6.88. The van der Waals surface area contributed by atoms with Crippen LogP contribution in [0, 0.1) is 12.8 Å². The fraction of sp³-hybridized carbons (Fsp3) is 0.500. The third kappa shape index (κ3) is 2.98. The minimum Gasteiger partial charge on any atom is -0.316 e. The fourth-order valence-corrected chi connectivity index (χ4v) is 2.47. The molecule has 1 aromatic heterocycles. The molecule has 5 nitrogen and oxygen atoms in total. The highest BCUT2D eigenvalue weighted by molar-refractivity contribution is 5.31. The molecular weight excluding hydrogens is 238 g/mol. The maximum atomic E-state index is 4.47. The lowest BCUT2D eigenvalue weighted by molar-refractivity contribution is 0.370. The van der Waals surface area contributed by atoms with E-state index in [4.69, 9.17) is 0 Å². The summed E-state index contributed by atoms with van der Waals surface area (Å²) in [5, 5.41) is 16.2. The van der Waals surface area contributed by atoms with Gasteiger partial charge in [-0.1, -0.05) is 17.7 Å². The molecule has 1 unspecified atom stereocenters. The summed E-state index contributed by atoms with van der Waals surface area (Å²) >= 11 is 0. The van der Waals surface area contributed by atoms with Crippen LogP contribution in [0.4, 0.5) is 0 Å². The number of aryl methyl sites for hydroxylation is 1. The van der Waals surface area contributed by atoms with Crippen molar-refractivity contribution in [2.24, 2.45) is 5.92 Å². The van der Waals surface area contributed by atoms with Crippen LogP contribution < -0.4 is 5.32 Å². The van der Waals surface area contributed by atoms with Crippen LogP contribution in [0.3, 0.4) is 0 Å². The van der Waals surface area contributed by atoms with Gasteiger partial charge in [-0.25, -0.2) is 0 Å². The topological polar surface area (TPSA) is 55.6 Å². The highest BCUT2D eigenvalue weighted by atomic mass is 15.6. The van der Waals surface area contributed by atoms with Gasteiger partial charge in [0.05, 0.1) is 5.69 Å². The average Bonchev–Trinajstić information content (AvgIpc) is 2.89. The second-order valence-electron chi connectivity index (χ2n) is 5.25. The van der Waals surface area contributed by atoms with Crippen molar-refractivity contribution in [3.63, 3.8) is 0 Å². The molecule has 0 aliphatic carbocycles. The molecular formula is C14H19N5. The molecule has 1 atom stereocenters. The van der Waals surface area contributed by atoms with Gasteiger partial charge in [-0.15, -0.1) is 15.0 Å². The average molecular weight is 257 g/mol. The molecule has 5 heteroatoms. The van der Waals surface area contributed by atoms with Crippen LogP contribution in [0.5, 0.6) is 0 Å². The predicted molar refractivity (Wildman–Crippen MR) is 73.2 cm³/mol. The van der Waals surface area contributed by atoms with Crippen molar-refractivity contribution in [1.82, 2.24) is 25.5 Å². The van der Waals surface area contributed by atoms with E-state index in [1.54, 1.807) is 4.80 Å². The Morgan fingerprint density at radius 2 is 2.16 bits per heavy atom. The Morgan fingerprint density at radius 1 is 1.32 bits per heavy atom. The standard InChI is InChI=1S/C14H19N5/c1-11-4-6-13(7-5-11)19-17-14(16-18-19)9-12-3-2-8-15-10-12/h4-7,12,15H,2-3,8-10H2,1H3. The number of rotatable bonds is 3. The van der Waals surface area contributed by atoms with Crippen LogP contribution in [0.15, 0.2) is 24.3 Å². The van der Waals surface area contributed by atoms with Gasteiger partial charge in [0.25, 0.3) is 0 Å². The number of benzene rings is 1. The largest absolute Gasteiger partial charge is 0.316 e. The summed E-state index contributed by atoms with van der Waals surface area (Å²) in [6.07, 6.45) is 3.42. The van der Waals surface area contributed by atoms with Crippen LogP contribution in [0.25, 0.3) is 5.69 Å². The quantitative estimate of drug-likeness (QED) is 0.905. The molecule has 0 saturated carbocycles. The Hall–Kier alpha value is -1.75. The van der Waals surface area contributed by atoms with E-state index < -0.39 is 0 Å². The summed E-state index contributed by atoms with van der Waals surface area (Å²) in [6, 6.07) is 8.15. The number of hydrogen-bond acceptors (Lipinski definition) is 4. The molecule has 1 aliphatic rings. The fourth-order valence-electron chi connectivity index (χ4n) is 2.47. The van der Waals surface area contributed by atoms with Crippen molar-refractivity contribution in [1.29, 1.82) is 0 Å². The molecule has 0 amide bonds. The molecule has 1 aromatic carbocycles. The molecule has 1 saturated heterocycles. The van der Waals surface area contributed by atoms with Crippen LogP contribution in [0.2, 0.25) is 0 Å². The van der Waals surface area contributed by atoms with Gasteiger partial charge in [0, 0.05) is 6.42 Å². The van der Waals surface area contributed by atoms with Gasteiger partial charge < -0.3 is 5.32 Å². The summed E-state index contributed by atoms with van der Waals surface area (Å²) < 4.78 is 0. The molecule has 19 heavy (non-hydrogen) atoms. The SMILES string of the molecule is Cc1ccc(-n2nnc(CC3CCCNC3)n2)cc1. The Kier molecular flexibility index (Phi) is 3.55. The van der Waals surface area contributed by atoms with E-state index in [0.717, 1.165) is 31.0 Å². The first-order valence-electron chi connectivity index (χ1n) is 6.88. The number of nitrogens with zero attached hydrogens (tertiary/aromatic N) is 4. The molecule has 1 N–H and O–H groups in total. The lowest BCUT2D eigenvalue weighted by Crippen LogP contribution is -2.31. The van der Waals surface area contributed by atoms with Crippen molar-refractivity contribution < 1.29 is 0 Å². The lowest BCUT2D eigenvalue weighted by atomic mass is 9.96. The second kappa shape index (κ2) is 5.48. The zero-order chi connectivity index (χ0) is 13.1. The van der Waals surface area contributed by atoms with Crippen LogP contribution in [0.1, 0.15) is 24.2 Å². The van der Waals surface area contributed by atoms with Crippen molar-refractivity contribution in [3.8, 4) is 5.69 Å². The zero-order valence-corrected chi connectivity index (χ0v) is 11.2. The van der Waals surface area contributed by atoms with E-state index >= 15 is 0 Å². The monoisotopic (exact) mass is 257 g/mol. The highest BCUT2D eigenvalue weighted by Crippen LogP contribution is 2.14. The minimum atomic E-state index is 0.643. The van der Waals surface area contributed by atoms with Gasteiger partial charge in [-0.05, 0) is 56.1 Å². The molecule has 3 rings (SSSR count). The Labute approximate surface area is 113 Å². The predicted octanol–water partition coefficient (Wildman–Crippen LogP) is 1.51. The normalized spacial score (nSPS) is 19.5. The van der Waals surface area contributed by atoms with E-state index in [1.807, 2.05) is 12.1 Å². The van der Waals surface area contributed by atoms with E-state index in [-0.39, 0.29) is 0 Å². The molecule has 0 radical (unpaired) electrons. The van der Waals surface area contributed by atoms with E-state index in [2.05, 4.69) is 39.8 Å². The smallest absolute Gasteiger partial charge is 0.175 e. The van der Waals surface area contributed by atoms with Crippen molar-refractivity contribution in [2.75, 3.05) is 13.1 Å². The minimum absolute atomic E-state index is 0.643. The maximum Gasteiger partial charge on any atom is 0.175 e. The molecule has 0 bridgehead atoms. The summed E-state index contributed by atoms with van der Waals surface area (Å²) in [7, 11) is 0. The highest BCUT2D eigenvalue weighted by Gasteiger charge is 2.16. The van der Waals surface area contributed by atoms with Crippen molar-refractivity contribution in [3.05, 3.63) is 35.7 Å². The van der Waals surface area contributed by atoms with Gasteiger partial charge in [0.15, 0.2) is 5.82 Å². The Balaban J connectivity index is 1.70. The maximum absolute atomic E-state index is 4.47. The van der Waals surface area contributed by atoms with Gasteiger partial charge in [0.1, 0.15) is 0 Å². The first-order chi connectivity index (χ1) is 9.31. The third-order valence-electron chi connectivity index (χ3n) is 3.59. The molecule has 1 aliphatic heterocycles. The molecule has 2 heterocycles. The number of aromatic nitrogens is 4.